The van der Waals surface area contributed by atoms with Crippen molar-refractivity contribution in [1.29, 1.82) is 0 Å². The number of esters is 1. The first-order chi connectivity index (χ1) is 17.1. The summed E-state index contributed by atoms with van der Waals surface area (Å²) in [5.74, 6) is -1.91. The summed E-state index contributed by atoms with van der Waals surface area (Å²) in [4.78, 5) is 40.3. The van der Waals surface area contributed by atoms with E-state index in [0.29, 0.717) is 17.7 Å². The summed E-state index contributed by atoms with van der Waals surface area (Å²) in [6.45, 7) is 9.70. The molecule has 0 atom stereocenters. The van der Waals surface area contributed by atoms with Crippen LogP contribution in [-0.4, -0.2) is 30.5 Å². The Morgan fingerprint density at radius 2 is 1.64 bits per heavy atom. The predicted molar refractivity (Wildman–Crippen MR) is 136 cm³/mol. The topological polar surface area (TPSA) is 72.9 Å². The summed E-state index contributed by atoms with van der Waals surface area (Å²) in [6, 6.07) is 11.6. The lowest BCUT2D eigenvalue weighted by atomic mass is 9.89. The zero-order chi connectivity index (χ0) is 26.1. The van der Waals surface area contributed by atoms with Crippen molar-refractivity contribution in [2.45, 2.75) is 53.6 Å². The first-order valence-electron chi connectivity index (χ1n) is 12.2. The number of halogens is 1. The van der Waals surface area contributed by atoms with E-state index in [9.17, 15) is 14.4 Å². The Morgan fingerprint density at radius 3 is 2.25 bits per heavy atom. The molecule has 1 aliphatic heterocycles. The molecule has 1 heterocycles. The van der Waals surface area contributed by atoms with Gasteiger partial charge in [0.05, 0.1) is 35.9 Å². The molecular weight excluding hydrogens is 461 g/mol. The first-order valence-corrected chi connectivity index (χ1v) is 12.2. The summed E-state index contributed by atoms with van der Waals surface area (Å²) >= 11 is 0. The summed E-state index contributed by atoms with van der Waals surface area (Å²) in [6.07, 6.45) is 0.214. The van der Waals surface area contributed by atoms with Gasteiger partial charge in [-0.05, 0) is 61.8 Å². The van der Waals surface area contributed by atoms with Crippen molar-refractivity contribution in [2.75, 3.05) is 11.5 Å². The highest BCUT2D eigenvalue weighted by Gasteiger charge is 2.43. The molecule has 1 aliphatic rings. The summed E-state index contributed by atoms with van der Waals surface area (Å²) in [7, 11) is 0. The Kier molecular flexibility index (Phi) is 7.11. The minimum absolute atomic E-state index is 0.108. The number of hydrogen-bond acceptors (Lipinski definition) is 5. The molecule has 6 nitrogen and oxygen atoms in total. The fraction of sp³-hybridized carbons (Fsp3) is 0.345. The number of nitrogens with zero attached hydrogens (tertiary/aromatic N) is 1. The minimum Gasteiger partial charge on any atom is -0.489 e. The fourth-order valence-corrected chi connectivity index (χ4v) is 4.65. The predicted octanol–water partition coefficient (Wildman–Crippen LogP) is 5.87. The van der Waals surface area contributed by atoms with E-state index in [4.69, 9.17) is 9.47 Å². The van der Waals surface area contributed by atoms with Crippen molar-refractivity contribution in [3.8, 4) is 5.75 Å². The van der Waals surface area contributed by atoms with Gasteiger partial charge in [-0.25, -0.2) is 9.29 Å². The van der Waals surface area contributed by atoms with Crippen LogP contribution in [0.4, 0.5) is 10.1 Å². The van der Waals surface area contributed by atoms with E-state index < -0.39 is 23.6 Å². The Labute approximate surface area is 210 Å². The van der Waals surface area contributed by atoms with Crippen molar-refractivity contribution in [1.82, 2.24) is 0 Å². The number of ether oxygens (including phenoxy) is 2. The molecule has 0 fully saturated rings. The average molecular weight is 492 g/mol. The molecule has 4 rings (SSSR count). The van der Waals surface area contributed by atoms with Crippen LogP contribution in [0.3, 0.4) is 0 Å². The lowest BCUT2D eigenvalue weighted by molar-refractivity contribution is -0.142. The molecule has 0 saturated heterocycles. The maximum absolute atomic E-state index is 15.3. The number of imide groups is 1. The van der Waals surface area contributed by atoms with Gasteiger partial charge in [-0.2, -0.15) is 0 Å². The summed E-state index contributed by atoms with van der Waals surface area (Å²) in [5, 5.41) is 1.59. The third kappa shape index (κ3) is 4.57. The molecule has 36 heavy (non-hydrogen) atoms. The first kappa shape index (κ1) is 25.4. The second-order valence-corrected chi connectivity index (χ2v) is 9.58. The molecule has 0 saturated carbocycles. The molecular formula is C29H30FNO5. The van der Waals surface area contributed by atoms with Crippen LogP contribution in [0, 0.1) is 11.7 Å². The Morgan fingerprint density at radius 1 is 0.972 bits per heavy atom. The molecule has 0 unspecified atom stereocenters. The van der Waals surface area contributed by atoms with Gasteiger partial charge < -0.3 is 9.47 Å². The third-order valence-electron chi connectivity index (χ3n) is 5.98. The van der Waals surface area contributed by atoms with Crippen LogP contribution < -0.4 is 9.64 Å². The molecule has 0 spiro atoms. The van der Waals surface area contributed by atoms with Gasteiger partial charge in [0.2, 0.25) is 0 Å². The van der Waals surface area contributed by atoms with E-state index in [2.05, 4.69) is 0 Å². The van der Waals surface area contributed by atoms with Gasteiger partial charge in [0.1, 0.15) is 11.6 Å². The number of benzene rings is 3. The van der Waals surface area contributed by atoms with Crippen molar-refractivity contribution in [3.05, 3.63) is 70.5 Å². The van der Waals surface area contributed by atoms with E-state index in [1.807, 2.05) is 52.0 Å². The van der Waals surface area contributed by atoms with Crippen LogP contribution in [0.5, 0.6) is 5.75 Å². The number of amides is 2. The molecule has 0 radical (unpaired) electrons. The van der Waals surface area contributed by atoms with Crippen molar-refractivity contribution in [3.63, 3.8) is 0 Å². The van der Waals surface area contributed by atoms with E-state index in [1.165, 1.54) is 12.1 Å². The van der Waals surface area contributed by atoms with E-state index in [-0.39, 0.29) is 41.9 Å². The normalized spacial score (nSPS) is 13.2. The maximum Gasteiger partial charge on any atom is 0.310 e. The second kappa shape index (κ2) is 10.1. The van der Waals surface area contributed by atoms with Crippen LogP contribution in [0.25, 0.3) is 10.8 Å². The highest BCUT2D eigenvalue weighted by Crippen LogP contribution is 2.44. The summed E-state index contributed by atoms with van der Waals surface area (Å²) in [5.41, 5.74) is 1.41. The number of fused-ring (bicyclic) bond motifs is 2. The Balaban J connectivity index is 1.88. The van der Waals surface area contributed by atoms with Gasteiger partial charge in [-0.15, -0.1) is 0 Å². The van der Waals surface area contributed by atoms with Gasteiger partial charge >= 0.3 is 5.97 Å². The van der Waals surface area contributed by atoms with Crippen LogP contribution in [0.1, 0.15) is 66.5 Å². The highest BCUT2D eigenvalue weighted by atomic mass is 19.1. The smallest absolute Gasteiger partial charge is 0.310 e. The van der Waals surface area contributed by atoms with E-state index in [1.54, 1.807) is 6.92 Å². The largest absolute Gasteiger partial charge is 0.489 e. The number of hydrogen-bond donors (Lipinski definition) is 0. The number of anilines is 1. The van der Waals surface area contributed by atoms with E-state index >= 15 is 4.39 Å². The van der Waals surface area contributed by atoms with Gasteiger partial charge in [0.25, 0.3) is 11.8 Å². The highest BCUT2D eigenvalue weighted by molar-refractivity contribution is 6.37. The molecule has 0 aliphatic carbocycles. The quantitative estimate of drug-likeness (QED) is 0.291. The lowest BCUT2D eigenvalue weighted by Gasteiger charge is -2.19. The summed E-state index contributed by atoms with van der Waals surface area (Å²) < 4.78 is 26.3. The molecule has 188 valence electrons. The minimum atomic E-state index is -0.771. The number of rotatable bonds is 8. The van der Waals surface area contributed by atoms with Crippen LogP contribution in [0.15, 0.2) is 42.5 Å². The molecule has 2 amide bonds. The molecule has 7 heteroatoms. The zero-order valence-corrected chi connectivity index (χ0v) is 21.2. The van der Waals surface area contributed by atoms with Gasteiger partial charge in [-0.3, -0.25) is 14.4 Å². The van der Waals surface area contributed by atoms with Gasteiger partial charge in [0, 0.05) is 5.39 Å². The molecule has 3 aromatic rings. The van der Waals surface area contributed by atoms with E-state index in [0.717, 1.165) is 27.3 Å². The average Bonchev–Trinajstić information content (AvgIpc) is 3.06. The monoisotopic (exact) mass is 491 g/mol. The third-order valence-corrected chi connectivity index (χ3v) is 5.98. The molecule has 3 aromatic carbocycles. The van der Waals surface area contributed by atoms with Gasteiger partial charge in [-0.1, -0.05) is 44.2 Å². The molecule has 0 bridgehead atoms. The van der Waals surface area contributed by atoms with Crippen molar-refractivity contribution < 1.29 is 28.2 Å². The molecule has 0 aromatic heterocycles. The number of carbonyl (C=O) groups excluding carboxylic acids is 3. The van der Waals surface area contributed by atoms with Crippen molar-refractivity contribution >= 4 is 34.2 Å². The Bertz CT molecular complexity index is 1290. The molecule has 0 N–H and O–H groups in total. The lowest BCUT2D eigenvalue weighted by Crippen LogP contribution is -2.30. The van der Waals surface area contributed by atoms with Crippen LogP contribution in [-0.2, 0) is 22.4 Å². The standard InChI is InChI=1S/C29H30FNO5/c1-6-35-24(32)15-18-11-12-23(22(30)14-18)31-28(33)25-21(13-16(2)3)19-9-7-8-10-20(19)27(36-17(4)5)26(25)29(31)34/h7-12,14,16-17H,6,13,15H2,1-5H3. The second-order valence-electron chi connectivity index (χ2n) is 9.58. The van der Waals surface area contributed by atoms with Crippen LogP contribution >= 0.6 is 0 Å². The van der Waals surface area contributed by atoms with Gasteiger partial charge in [0.15, 0.2) is 0 Å². The SMILES string of the molecule is CCOC(=O)Cc1ccc(N2C(=O)c3c(c(OC(C)C)c4ccccc4c3CC(C)C)C2=O)c(F)c1. The van der Waals surface area contributed by atoms with Crippen molar-refractivity contribution in [2.24, 2.45) is 5.92 Å². The maximum atomic E-state index is 15.3. The number of carbonyl (C=O) groups is 3. The Hall–Kier alpha value is -3.74. The fourth-order valence-electron chi connectivity index (χ4n) is 4.65. The van der Waals surface area contributed by atoms with Crippen LogP contribution in [0.2, 0.25) is 0 Å². The zero-order valence-electron chi connectivity index (χ0n) is 21.2.